The Morgan fingerprint density at radius 1 is 1.50 bits per heavy atom. The molecule has 0 atom stereocenters. The summed E-state index contributed by atoms with van der Waals surface area (Å²) in [5.41, 5.74) is 1.99. The van der Waals surface area contributed by atoms with Crippen LogP contribution in [0.4, 0.5) is 0 Å². The second kappa shape index (κ2) is 5.05. The van der Waals surface area contributed by atoms with Gasteiger partial charge in [-0.05, 0) is 13.0 Å². The summed E-state index contributed by atoms with van der Waals surface area (Å²) in [6.07, 6.45) is 1.14. The first-order valence-corrected chi connectivity index (χ1v) is 5.46. The summed E-state index contributed by atoms with van der Waals surface area (Å²) in [4.78, 5) is 22.3. The molecule has 1 aromatic rings. The van der Waals surface area contributed by atoms with E-state index in [1.165, 1.54) is 0 Å². The van der Waals surface area contributed by atoms with Crippen molar-refractivity contribution < 1.29 is 9.59 Å². The van der Waals surface area contributed by atoms with Crippen molar-refractivity contribution in [3.05, 3.63) is 34.9 Å². The Morgan fingerprint density at radius 2 is 2.21 bits per heavy atom. The molecule has 74 valence electrons. The first-order chi connectivity index (χ1) is 6.69. The zero-order valence-corrected chi connectivity index (χ0v) is 9.50. The van der Waals surface area contributed by atoms with Crippen molar-refractivity contribution in [1.29, 1.82) is 0 Å². The molecule has 1 aromatic carbocycles. The van der Waals surface area contributed by atoms with E-state index in [1.54, 1.807) is 12.1 Å². The van der Waals surface area contributed by atoms with Crippen molar-refractivity contribution >= 4 is 28.0 Å². The van der Waals surface area contributed by atoms with Crippen LogP contribution < -0.4 is 0 Å². The van der Waals surface area contributed by atoms with E-state index in [0.29, 0.717) is 22.9 Å². The summed E-state index contributed by atoms with van der Waals surface area (Å²) in [6.45, 7) is 1.90. The summed E-state index contributed by atoms with van der Waals surface area (Å²) < 4.78 is 0. The van der Waals surface area contributed by atoms with Crippen molar-refractivity contribution in [3.63, 3.8) is 0 Å². The summed E-state index contributed by atoms with van der Waals surface area (Å²) in [5.74, 6) is 0.00711. The highest BCUT2D eigenvalue weighted by Crippen LogP contribution is 2.12. The lowest BCUT2D eigenvalue weighted by Gasteiger charge is -2.03. The van der Waals surface area contributed by atoms with E-state index in [-0.39, 0.29) is 5.78 Å². The Balaban J connectivity index is 3.10. The van der Waals surface area contributed by atoms with E-state index in [4.69, 9.17) is 0 Å². The van der Waals surface area contributed by atoms with Gasteiger partial charge in [0, 0.05) is 22.9 Å². The quantitative estimate of drug-likeness (QED) is 0.471. The van der Waals surface area contributed by atoms with Crippen LogP contribution in [0.5, 0.6) is 0 Å². The minimum absolute atomic E-state index is 0.00711. The molecule has 0 aliphatic heterocycles. The van der Waals surface area contributed by atoms with Gasteiger partial charge in [0.25, 0.3) is 0 Å². The molecule has 0 aromatic heterocycles. The van der Waals surface area contributed by atoms with Gasteiger partial charge in [0.15, 0.2) is 12.1 Å². The molecule has 0 spiro atoms. The van der Waals surface area contributed by atoms with Gasteiger partial charge < -0.3 is 0 Å². The maximum Gasteiger partial charge on any atom is 0.164 e. The maximum absolute atomic E-state index is 11.6. The fourth-order valence-corrected chi connectivity index (χ4v) is 1.59. The molecule has 14 heavy (non-hydrogen) atoms. The van der Waals surface area contributed by atoms with E-state index in [9.17, 15) is 9.59 Å². The highest BCUT2D eigenvalue weighted by molar-refractivity contribution is 9.09. The van der Waals surface area contributed by atoms with E-state index < -0.39 is 0 Å². The molecular weight excluding hydrogens is 244 g/mol. The Kier molecular flexibility index (Phi) is 4.01. The molecular formula is C11H11BrO2. The lowest BCUT2D eigenvalue weighted by Crippen LogP contribution is -2.04. The Labute approximate surface area is 91.4 Å². The fraction of sp³-hybridized carbons (Fsp3) is 0.273. The monoisotopic (exact) mass is 254 g/mol. The van der Waals surface area contributed by atoms with Gasteiger partial charge in [-0.15, -0.1) is 0 Å². The molecule has 0 amide bonds. The second-order valence-corrected chi connectivity index (χ2v) is 3.86. The zero-order chi connectivity index (χ0) is 10.6. The molecule has 0 fully saturated rings. The second-order valence-electron chi connectivity index (χ2n) is 3.07. The van der Waals surface area contributed by atoms with Crippen LogP contribution in [0.3, 0.4) is 0 Å². The number of aryl methyl sites for hydroxylation is 1. The third kappa shape index (κ3) is 2.51. The normalized spacial score (nSPS) is 9.86. The number of hydrogen-bond donors (Lipinski definition) is 0. The molecule has 0 unspecified atom stereocenters. The lowest BCUT2D eigenvalue weighted by atomic mass is 10.0. The minimum Gasteiger partial charge on any atom is -0.298 e. The molecule has 0 saturated carbocycles. The number of Topliss-reactive ketones (excluding diaryl/α,β-unsaturated/α-hetero) is 1. The number of halogens is 1. The van der Waals surface area contributed by atoms with Crippen LogP contribution in [0.1, 0.15) is 32.7 Å². The third-order valence-corrected chi connectivity index (χ3v) is 2.35. The summed E-state index contributed by atoms with van der Waals surface area (Å²) in [6, 6.07) is 5.27. The molecule has 0 radical (unpaired) electrons. The Bertz CT molecular complexity index is 358. The first kappa shape index (κ1) is 11.1. The molecule has 0 N–H and O–H groups in total. The summed E-state index contributed by atoms with van der Waals surface area (Å²) in [5, 5.41) is 0.623. The smallest absolute Gasteiger partial charge is 0.164 e. The van der Waals surface area contributed by atoms with Gasteiger partial charge in [0.2, 0.25) is 0 Å². The summed E-state index contributed by atoms with van der Waals surface area (Å²) >= 11 is 3.20. The molecule has 3 heteroatoms. The predicted molar refractivity (Wildman–Crippen MR) is 59.3 cm³/mol. The van der Waals surface area contributed by atoms with Gasteiger partial charge >= 0.3 is 0 Å². The largest absolute Gasteiger partial charge is 0.298 e. The molecule has 0 bridgehead atoms. The van der Waals surface area contributed by atoms with Crippen molar-refractivity contribution in [2.75, 3.05) is 5.33 Å². The average Bonchev–Trinajstić information content (AvgIpc) is 2.18. The predicted octanol–water partition coefficient (Wildman–Crippen LogP) is 2.78. The van der Waals surface area contributed by atoms with Gasteiger partial charge in [-0.25, -0.2) is 0 Å². The molecule has 0 saturated heterocycles. The van der Waals surface area contributed by atoms with Gasteiger partial charge in [-0.3, -0.25) is 9.59 Å². The highest BCUT2D eigenvalue weighted by atomic mass is 79.9. The number of aldehydes is 1. The fourth-order valence-electron chi connectivity index (χ4n) is 1.23. The summed E-state index contributed by atoms with van der Waals surface area (Å²) in [7, 11) is 0. The van der Waals surface area contributed by atoms with Gasteiger partial charge in [-0.1, -0.05) is 33.6 Å². The van der Waals surface area contributed by atoms with Gasteiger partial charge in [0.1, 0.15) is 0 Å². The van der Waals surface area contributed by atoms with Crippen molar-refractivity contribution in [1.82, 2.24) is 0 Å². The van der Waals surface area contributed by atoms with Crippen molar-refractivity contribution in [2.24, 2.45) is 0 Å². The number of rotatable bonds is 4. The molecule has 1 rings (SSSR count). The van der Waals surface area contributed by atoms with Crippen LogP contribution >= 0.6 is 15.9 Å². The molecule has 0 aliphatic rings. The van der Waals surface area contributed by atoms with E-state index in [0.717, 1.165) is 11.8 Å². The number of benzene rings is 1. The molecule has 0 heterocycles. The maximum atomic E-state index is 11.6. The first-order valence-electron chi connectivity index (χ1n) is 4.34. The van der Waals surface area contributed by atoms with Crippen molar-refractivity contribution in [2.45, 2.75) is 13.3 Å². The van der Waals surface area contributed by atoms with Crippen LogP contribution in [0.2, 0.25) is 0 Å². The van der Waals surface area contributed by atoms with Crippen molar-refractivity contribution in [3.8, 4) is 0 Å². The number of alkyl halides is 1. The van der Waals surface area contributed by atoms with E-state index in [1.807, 2.05) is 13.0 Å². The van der Waals surface area contributed by atoms with Gasteiger partial charge in [0.05, 0.1) is 0 Å². The lowest BCUT2D eigenvalue weighted by molar-refractivity contribution is 0.0983. The Morgan fingerprint density at radius 3 is 2.79 bits per heavy atom. The SMILES string of the molecule is Cc1ccc(C=O)c(C(=O)CCBr)c1. The topological polar surface area (TPSA) is 34.1 Å². The number of hydrogen-bond acceptors (Lipinski definition) is 2. The molecule has 0 aliphatic carbocycles. The van der Waals surface area contributed by atoms with Crippen LogP contribution in [-0.4, -0.2) is 17.4 Å². The molecule has 2 nitrogen and oxygen atoms in total. The van der Waals surface area contributed by atoms with Crippen LogP contribution in [0.25, 0.3) is 0 Å². The highest BCUT2D eigenvalue weighted by Gasteiger charge is 2.10. The number of carbonyl (C=O) groups excluding carboxylic acids is 2. The average molecular weight is 255 g/mol. The van der Waals surface area contributed by atoms with E-state index in [2.05, 4.69) is 15.9 Å². The standard InChI is InChI=1S/C11H11BrO2/c1-8-2-3-9(7-13)10(6-8)11(14)4-5-12/h2-3,6-7H,4-5H2,1H3. The Hall–Kier alpha value is -0.960. The van der Waals surface area contributed by atoms with Crippen LogP contribution in [-0.2, 0) is 0 Å². The minimum atomic E-state index is 0.00711. The van der Waals surface area contributed by atoms with Crippen LogP contribution in [0.15, 0.2) is 18.2 Å². The van der Waals surface area contributed by atoms with Gasteiger partial charge in [-0.2, -0.15) is 0 Å². The van der Waals surface area contributed by atoms with E-state index >= 15 is 0 Å². The van der Waals surface area contributed by atoms with Crippen LogP contribution in [0, 0.1) is 6.92 Å². The number of carbonyl (C=O) groups is 2. The third-order valence-electron chi connectivity index (χ3n) is 1.96. The number of ketones is 1. The zero-order valence-electron chi connectivity index (χ0n) is 7.92.